The predicted molar refractivity (Wildman–Crippen MR) is 126 cm³/mol. The third kappa shape index (κ3) is 3.30. The predicted octanol–water partition coefficient (Wildman–Crippen LogP) is 5.39. The Balaban J connectivity index is 1.56. The molecule has 32 heavy (non-hydrogen) atoms. The Kier molecular flexibility index (Phi) is 4.91. The van der Waals surface area contributed by atoms with Crippen molar-refractivity contribution in [3.8, 4) is 22.9 Å². The van der Waals surface area contributed by atoms with E-state index in [1.165, 1.54) is 6.08 Å². The van der Waals surface area contributed by atoms with Crippen molar-refractivity contribution in [2.75, 3.05) is 13.1 Å². The summed E-state index contributed by atoms with van der Waals surface area (Å²) in [6.07, 6.45) is 4.98. The number of nitrogens with zero attached hydrogens (tertiary/aromatic N) is 3. The summed E-state index contributed by atoms with van der Waals surface area (Å²) in [5.41, 5.74) is 3.56. The maximum atomic E-state index is 11.9. The molecular weight excluding hydrogens is 398 g/mol. The van der Waals surface area contributed by atoms with Crippen LogP contribution in [0.1, 0.15) is 24.4 Å². The zero-order valence-electron chi connectivity index (χ0n) is 17.7. The van der Waals surface area contributed by atoms with Crippen molar-refractivity contribution in [3.05, 3.63) is 79.0 Å². The molecule has 2 heterocycles. The van der Waals surface area contributed by atoms with Gasteiger partial charge in [0.1, 0.15) is 11.8 Å². The second kappa shape index (κ2) is 7.90. The molecule has 5 heteroatoms. The van der Waals surface area contributed by atoms with Gasteiger partial charge in [-0.2, -0.15) is 5.26 Å². The van der Waals surface area contributed by atoms with E-state index in [1.54, 1.807) is 12.1 Å². The molecule has 0 unspecified atom stereocenters. The Labute approximate surface area is 186 Å². The molecule has 0 aliphatic carbocycles. The van der Waals surface area contributed by atoms with Crippen LogP contribution in [0.5, 0.6) is 5.75 Å². The van der Waals surface area contributed by atoms with Crippen LogP contribution in [-0.2, 0) is 4.79 Å². The summed E-state index contributed by atoms with van der Waals surface area (Å²) in [7, 11) is 0. The lowest BCUT2D eigenvalue weighted by atomic mass is 9.96. The highest BCUT2D eigenvalue weighted by molar-refractivity contribution is 6.00. The van der Waals surface area contributed by atoms with E-state index in [1.807, 2.05) is 41.4 Å². The lowest BCUT2D eigenvalue weighted by molar-refractivity contribution is -0.127. The first-order valence-electron chi connectivity index (χ1n) is 10.8. The number of nitriles is 1. The standard InChI is InChI=1S/C27H23N3O2/c1-2-27(32)29-11-9-21(10-12-29)30-17-20(16-28)25-14-19(7-8-26(25)30)24-15-22(31)13-18-5-3-4-6-23(18)24/h2-8,13-15,17,21,31H,1,9-12H2. The number of carbonyl (C=O) groups excluding carboxylic acids is 1. The van der Waals surface area contributed by atoms with Crippen LogP contribution in [0.4, 0.5) is 0 Å². The molecule has 1 aliphatic rings. The van der Waals surface area contributed by atoms with Gasteiger partial charge in [0.2, 0.25) is 5.91 Å². The van der Waals surface area contributed by atoms with E-state index in [0.717, 1.165) is 45.6 Å². The van der Waals surface area contributed by atoms with Crippen LogP contribution < -0.4 is 0 Å². The zero-order valence-corrected chi connectivity index (χ0v) is 17.7. The van der Waals surface area contributed by atoms with E-state index < -0.39 is 0 Å². The minimum absolute atomic E-state index is 0.0264. The maximum absolute atomic E-state index is 11.9. The molecular formula is C27H23N3O2. The number of carbonyl (C=O) groups is 1. The van der Waals surface area contributed by atoms with Crippen LogP contribution in [0.15, 0.2) is 73.4 Å². The molecule has 1 aliphatic heterocycles. The first-order valence-corrected chi connectivity index (χ1v) is 10.8. The maximum Gasteiger partial charge on any atom is 0.245 e. The van der Waals surface area contributed by atoms with Gasteiger partial charge in [0, 0.05) is 36.2 Å². The third-order valence-electron chi connectivity index (χ3n) is 6.46. The van der Waals surface area contributed by atoms with E-state index in [-0.39, 0.29) is 17.7 Å². The SMILES string of the molecule is C=CC(=O)N1CCC(n2cc(C#N)c3cc(-c4cc(O)cc5ccccc45)ccc32)CC1. The number of hydrogen-bond acceptors (Lipinski definition) is 3. The van der Waals surface area contributed by atoms with Gasteiger partial charge in [-0.3, -0.25) is 4.79 Å². The number of phenols is 1. The van der Waals surface area contributed by atoms with Gasteiger partial charge in [0.05, 0.1) is 5.56 Å². The van der Waals surface area contributed by atoms with Crippen LogP contribution >= 0.6 is 0 Å². The van der Waals surface area contributed by atoms with Gasteiger partial charge in [-0.25, -0.2) is 0 Å². The molecule has 1 aromatic heterocycles. The Bertz CT molecular complexity index is 1400. The summed E-state index contributed by atoms with van der Waals surface area (Å²) < 4.78 is 2.19. The fourth-order valence-electron chi connectivity index (χ4n) is 4.84. The van der Waals surface area contributed by atoms with Gasteiger partial charge < -0.3 is 14.6 Å². The molecule has 3 aromatic carbocycles. The van der Waals surface area contributed by atoms with Crippen LogP contribution in [-0.4, -0.2) is 33.6 Å². The first-order chi connectivity index (χ1) is 15.6. The van der Waals surface area contributed by atoms with E-state index in [9.17, 15) is 15.2 Å². The smallest absolute Gasteiger partial charge is 0.245 e. The van der Waals surface area contributed by atoms with E-state index in [2.05, 4.69) is 29.3 Å². The van der Waals surface area contributed by atoms with Crippen molar-refractivity contribution in [1.82, 2.24) is 9.47 Å². The lowest BCUT2D eigenvalue weighted by Gasteiger charge is -2.32. The van der Waals surface area contributed by atoms with Gasteiger partial charge >= 0.3 is 0 Å². The molecule has 0 saturated carbocycles. The largest absolute Gasteiger partial charge is 0.508 e. The summed E-state index contributed by atoms with van der Waals surface area (Å²) >= 11 is 0. The van der Waals surface area contributed by atoms with E-state index in [0.29, 0.717) is 18.7 Å². The monoisotopic (exact) mass is 421 g/mol. The fraction of sp³-hybridized carbons (Fsp3) is 0.185. The minimum Gasteiger partial charge on any atom is -0.508 e. The van der Waals surface area contributed by atoms with Crippen molar-refractivity contribution in [3.63, 3.8) is 0 Å². The second-order valence-electron chi connectivity index (χ2n) is 8.27. The summed E-state index contributed by atoms with van der Waals surface area (Å²) in [5, 5.41) is 23.0. The van der Waals surface area contributed by atoms with E-state index >= 15 is 0 Å². The highest BCUT2D eigenvalue weighted by Crippen LogP contribution is 2.36. The van der Waals surface area contributed by atoms with Gasteiger partial charge in [0.25, 0.3) is 0 Å². The summed E-state index contributed by atoms with van der Waals surface area (Å²) in [6.45, 7) is 4.95. The number of aromatic nitrogens is 1. The number of piperidine rings is 1. The molecule has 1 N–H and O–H groups in total. The van der Waals surface area contributed by atoms with E-state index in [4.69, 9.17) is 0 Å². The molecule has 0 radical (unpaired) electrons. The molecule has 1 saturated heterocycles. The first kappa shape index (κ1) is 19.9. The fourth-order valence-corrected chi connectivity index (χ4v) is 4.84. The topological polar surface area (TPSA) is 69.3 Å². The number of likely N-dealkylation sites (tertiary alicyclic amines) is 1. The number of benzene rings is 3. The number of rotatable bonds is 3. The molecule has 4 aromatic rings. The van der Waals surface area contributed by atoms with Gasteiger partial charge in [-0.15, -0.1) is 0 Å². The molecule has 1 fully saturated rings. The Morgan fingerprint density at radius 3 is 2.62 bits per heavy atom. The normalized spacial score (nSPS) is 14.5. The molecule has 0 bridgehead atoms. The van der Waals surface area contributed by atoms with Crippen LogP contribution in [0.2, 0.25) is 0 Å². The number of phenolic OH excluding ortho intramolecular Hbond substituents is 1. The Morgan fingerprint density at radius 2 is 1.88 bits per heavy atom. The van der Waals surface area contributed by atoms with Crippen molar-refractivity contribution >= 4 is 27.6 Å². The van der Waals surface area contributed by atoms with Crippen LogP contribution in [0, 0.1) is 11.3 Å². The number of hydrogen-bond donors (Lipinski definition) is 1. The molecule has 0 atom stereocenters. The average molecular weight is 422 g/mol. The number of aromatic hydroxyl groups is 1. The van der Waals surface area contributed by atoms with Gasteiger partial charge in [-0.05, 0) is 65.1 Å². The lowest BCUT2D eigenvalue weighted by Crippen LogP contribution is -2.37. The third-order valence-corrected chi connectivity index (χ3v) is 6.46. The Morgan fingerprint density at radius 1 is 1.09 bits per heavy atom. The molecule has 5 rings (SSSR count). The summed E-state index contributed by atoms with van der Waals surface area (Å²) in [6, 6.07) is 20.2. The molecule has 5 nitrogen and oxygen atoms in total. The van der Waals surface area contributed by atoms with Crippen molar-refractivity contribution < 1.29 is 9.90 Å². The van der Waals surface area contributed by atoms with Crippen molar-refractivity contribution in [2.45, 2.75) is 18.9 Å². The molecule has 0 spiro atoms. The van der Waals surface area contributed by atoms with Gasteiger partial charge in [0.15, 0.2) is 0 Å². The number of amides is 1. The second-order valence-corrected chi connectivity index (χ2v) is 8.27. The van der Waals surface area contributed by atoms with Gasteiger partial charge in [-0.1, -0.05) is 36.9 Å². The van der Waals surface area contributed by atoms with Crippen molar-refractivity contribution in [2.24, 2.45) is 0 Å². The quantitative estimate of drug-likeness (QED) is 0.451. The molecule has 158 valence electrons. The zero-order chi connectivity index (χ0) is 22.2. The van der Waals surface area contributed by atoms with Crippen molar-refractivity contribution in [1.29, 1.82) is 5.26 Å². The minimum atomic E-state index is -0.0264. The average Bonchev–Trinajstić information content (AvgIpc) is 3.21. The Hall–Kier alpha value is -4.04. The van der Waals surface area contributed by atoms with Crippen LogP contribution in [0.3, 0.4) is 0 Å². The number of fused-ring (bicyclic) bond motifs is 2. The van der Waals surface area contributed by atoms with Crippen LogP contribution in [0.25, 0.3) is 32.8 Å². The highest BCUT2D eigenvalue weighted by Gasteiger charge is 2.24. The summed E-state index contributed by atoms with van der Waals surface area (Å²) in [5.74, 6) is 0.194. The summed E-state index contributed by atoms with van der Waals surface area (Å²) in [4.78, 5) is 13.7. The molecule has 1 amide bonds. The highest BCUT2D eigenvalue weighted by atomic mass is 16.3.